The van der Waals surface area contributed by atoms with Crippen LogP contribution in [0.15, 0.2) is 6.33 Å². The van der Waals surface area contributed by atoms with Gasteiger partial charge in [0, 0.05) is 0 Å². The molecule has 1 heterocycles. The molecule has 0 saturated heterocycles. The van der Waals surface area contributed by atoms with Crippen molar-refractivity contribution in [1.29, 1.82) is 0 Å². The first-order chi connectivity index (χ1) is 5.13. The van der Waals surface area contributed by atoms with E-state index in [1.807, 2.05) is 0 Å². The van der Waals surface area contributed by atoms with E-state index in [9.17, 15) is 9.90 Å². The van der Waals surface area contributed by atoms with E-state index in [4.69, 9.17) is 23.2 Å². The molecular weight excluding hydrogens is 214 g/mol. The average molecular weight is 215 g/mol. The Kier molecular flexibility index (Phi) is 5.04. The van der Waals surface area contributed by atoms with E-state index >= 15 is 0 Å². The minimum atomic E-state index is -1.49. The van der Waals surface area contributed by atoms with Crippen LogP contribution in [0.25, 0.3) is 0 Å². The summed E-state index contributed by atoms with van der Waals surface area (Å²) in [4.78, 5) is 17.1. The molecule has 0 N–H and O–H groups in total. The molecule has 0 radical (unpaired) electrons. The molecule has 0 aliphatic heterocycles. The number of carboxylic acid groups (broad SMARTS) is 1. The van der Waals surface area contributed by atoms with Gasteiger partial charge in [-0.3, -0.25) is 0 Å². The molecule has 0 aliphatic carbocycles. The summed E-state index contributed by atoms with van der Waals surface area (Å²) in [5, 5.41) is 9.85. The number of carboxylic acids is 1. The maximum atomic E-state index is 10.3. The maximum absolute atomic E-state index is 10.3. The summed E-state index contributed by atoms with van der Waals surface area (Å²) in [7, 11) is 0. The quantitative estimate of drug-likeness (QED) is 0.373. The summed E-state index contributed by atoms with van der Waals surface area (Å²) >= 11 is 10.7. The molecule has 0 amide bonds. The summed E-state index contributed by atoms with van der Waals surface area (Å²) in [5.74, 6) is -1.49. The van der Waals surface area contributed by atoms with Crippen LogP contribution in [-0.2, 0) is 0 Å². The van der Waals surface area contributed by atoms with Crippen LogP contribution in [0.2, 0.25) is 10.3 Å². The number of carbonyl (C=O) groups is 1. The van der Waals surface area contributed by atoms with E-state index in [1.165, 1.54) is 0 Å². The molecule has 0 aromatic carbocycles. The van der Waals surface area contributed by atoms with Crippen molar-refractivity contribution in [1.82, 2.24) is 9.97 Å². The predicted molar refractivity (Wildman–Crippen MR) is 36.4 cm³/mol. The maximum Gasteiger partial charge on any atom is 1.00 e. The smallest absolute Gasteiger partial charge is 0.545 e. The Morgan fingerprint density at radius 3 is 2.00 bits per heavy atom. The zero-order valence-corrected chi connectivity index (χ0v) is 9.56. The van der Waals surface area contributed by atoms with E-state index < -0.39 is 5.97 Å². The van der Waals surface area contributed by atoms with Gasteiger partial charge in [-0.1, -0.05) is 23.2 Å². The average Bonchev–Trinajstić information content (AvgIpc) is 1.85. The van der Waals surface area contributed by atoms with Gasteiger partial charge < -0.3 is 9.90 Å². The van der Waals surface area contributed by atoms with Crippen molar-refractivity contribution in [2.24, 2.45) is 0 Å². The van der Waals surface area contributed by atoms with E-state index in [1.54, 1.807) is 0 Å². The summed E-state index contributed by atoms with van der Waals surface area (Å²) < 4.78 is 0. The number of nitrogens with zero attached hydrogens (tertiary/aromatic N) is 2. The molecule has 1 aromatic rings. The number of aromatic nitrogens is 2. The molecule has 0 spiro atoms. The van der Waals surface area contributed by atoms with Gasteiger partial charge in [-0.2, -0.15) is 0 Å². The van der Waals surface area contributed by atoms with Crippen LogP contribution >= 0.6 is 23.2 Å². The Bertz CT molecular complexity index is 287. The second kappa shape index (κ2) is 4.99. The minimum Gasteiger partial charge on any atom is -0.545 e. The van der Waals surface area contributed by atoms with Gasteiger partial charge in [0.2, 0.25) is 0 Å². The van der Waals surface area contributed by atoms with Crippen LogP contribution in [0.3, 0.4) is 0 Å². The minimum absolute atomic E-state index is 0. The number of halogens is 2. The van der Waals surface area contributed by atoms with Gasteiger partial charge in [-0.15, -0.1) is 0 Å². The Hall–Kier alpha value is 0.130. The van der Waals surface area contributed by atoms with Gasteiger partial charge >= 0.3 is 29.6 Å². The third-order valence-corrected chi connectivity index (χ3v) is 1.53. The van der Waals surface area contributed by atoms with Gasteiger partial charge in [0.25, 0.3) is 0 Å². The van der Waals surface area contributed by atoms with Crippen molar-refractivity contribution in [3.63, 3.8) is 0 Å². The van der Waals surface area contributed by atoms with Crippen molar-refractivity contribution in [2.75, 3.05) is 0 Å². The van der Waals surface area contributed by atoms with Crippen molar-refractivity contribution >= 4 is 29.2 Å². The van der Waals surface area contributed by atoms with E-state index in [0.29, 0.717) is 0 Å². The molecule has 4 nitrogen and oxygen atoms in total. The fourth-order valence-corrected chi connectivity index (χ4v) is 0.982. The van der Waals surface area contributed by atoms with Crippen LogP contribution in [0, 0.1) is 0 Å². The first-order valence-corrected chi connectivity index (χ1v) is 3.26. The second-order valence-electron chi connectivity index (χ2n) is 1.62. The summed E-state index contributed by atoms with van der Waals surface area (Å²) in [6, 6.07) is 0. The number of hydrogen-bond donors (Lipinski definition) is 0. The first-order valence-electron chi connectivity index (χ1n) is 2.50. The third kappa shape index (κ3) is 2.57. The monoisotopic (exact) mass is 214 g/mol. The van der Waals surface area contributed by atoms with Gasteiger partial charge in [0.15, 0.2) is 0 Å². The van der Waals surface area contributed by atoms with E-state index in [2.05, 4.69) is 9.97 Å². The molecule has 0 fully saturated rings. The fraction of sp³-hybridized carbons (Fsp3) is 0. The van der Waals surface area contributed by atoms with Crippen LogP contribution in [-0.4, -0.2) is 15.9 Å². The first kappa shape index (κ1) is 12.1. The molecule has 1 aromatic heterocycles. The van der Waals surface area contributed by atoms with Crippen LogP contribution < -0.4 is 34.7 Å². The molecular formula is C5HCl2N2NaO2. The predicted octanol–water partition coefficient (Wildman–Crippen LogP) is -2.85. The number of aromatic carboxylic acids is 1. The van der Waals surface area contributed by atoms with Crippen LogP contribution in [0.1, 0.15) is 10.4 Å². The van der Waals surface area contributed by atoms with E-state index in [-0.39, 0.29) is 45.4 Å². The van der Waals surface area contributed by atoms with Gasteiger partial charge in [0.1, 0.15) is 16.6 Å². The summed E-state index contributed by atoms with van der Waals surface area (Å²) in [5.41, 5.74) is -0.379. The van der Waals surface area contributed by atoms with Crippen molar-refractivity contribution in [3.8, 4) is 0 Å². The number of rotatable bonds is 1. The van der Waals surface area contributed by atoms with Gasteiger partial charge in [-0.25, -0.2) is 9.97 Å². The summed E-state index contributed by atoms with van der Waals surface area (Å²) in [6.45, 7) is 0. The Balaban J connectivity index is 0.00000121. The molecule has 1 rings (SSSR count). The van der Waals surface area contributed by atoms with Crippen molar-refractivity contribution in [3.05, 3.63) is 22.2 Å². The zero-order valence-electron chi connectivity index (χ0n) is 6.04. The fourth-order valence-electron chi connectivity index (χ4n) is 0.513. The standard InChI is InChI=1S/C5H2Cl2N2O2.Na/c6-3-2(5(10)11)4(7)9-1-8-3;/h1H,(H,10,11);/q;+1/p-1. The van der Waals surface area contributed by atoms with Gasteiger partial charge in [-0.05, 0) is 0 Å². The second-order valence-corrected chi connectivity index (χ2v) is 2.33. The van der Waals surface area contributed by atoms with Crippen molar-refractivity contribution in [2.45, 2.75) is 0 Å². The molecule has 58 valence electrons. The molecule has 0 aliphatic rings. The van der Waals surface area contributed by atoms with Crippen molar-refractivity contribution < 1.29 is 39.5 Å². The summed E-state index contributed by atoms with van der Waals surface area (Å²) in [6.07, 6.45) is 1.07. The number of hydrogen-bond acceptors (Lipinski definition) is 4. The normalized spacial score (nSPS) is 8.83. The Morgan fingerprint density at radius 1 is 1.33 bits per heavy atom. The number of carbonyl (C=O) groups excluding carboxylic acids is 1. The molecule has 7 heteroatoms. The molecule has 0 bridgehead atoms. The zero-order chi connectivity index (χ0) is 8.43. The van der Waals surface area contributed by atoms with Crippen LogP contribution in [0.5, 0.6) is 0 Å². The van der Waals surface area contributed by atoms with E-state index in [0.717, 1.165) is 6.33 Å². The van der Waals surface area contributed by atoms with Gasteiger partial charge in [0.05, 0.1) is 11.5 Å². The topological polar surface area (TPSA) is 65.9 Å². The Labute approximate surface area is 100 Å². The Morgan fingerprint density at radius 2 is 1.75 bits per heavy atom. The molecule has 12 heavy (non-hydrogen) atoms. The molecule has 0 saturated carbocycles. The SMILES string of the molecule is O=C([O-])c1c(Cl)ncnc1Cl.[Na+]. The molecule has 0 unspecified atom stereocenters. The molecule has 0 atom stereocenters. The third-order valence-electron chi connectivity index (χ3n) is 0.959. The van der Waals surface area contributed by atoms with Crippen LogP contribution in [0.4, 0.5) is 0 Å². The largest absolute Gasteiger partial charge is 1.00 e.